The van der Waals surface area contributed by atoms with Crippen LogP contribution >= 0.6 is 11.3 Å². The van der Waals surface area contributed by atoms with Gasteiger partial charge in [-0.25, -0.2) is 0 Å². The molecule has 2 aromatic carbocycles. The lowest BCUT2D eigenvalue weighted by Crippen LogP contribution is -2.11. The Hall–Kier alpha value is -3.19. The quantitative estimate of drug-likeness (QED) is 0.446. The van der Waals surface area contributed by atoms with Crippen molar-refractivity contribution in [3.63, 3.8) is 0 Å². The number of ether oxygens (including phenoxy) is 1. The molecule has 28 heavy (non-hydrogen) atoms. The summed E-state index contributed by atoms with van der Waals surface area (Å²) in [4.78, 5) is 23.7. The maximum Gasteiger partial charge on any atom is 0.293 e. The van der Waals surface area contributed by atoms with Crippen molar-refractivity contribution in [1.29, 1.82) is 0 Å². The van der Waals surface area contributed by atoms with Gasteiger partial charge >= 0.3 is 0 Å². The Kier molecular flexibility index (Phi) is 5.75. The van der Waals surface area contributed by atoms with Crippen molar-refractivity contribution in [2.45, 2.75) is 27.4 Å². The lowest BCUT2D eigenvalue weighted by atomic mass is 10.1. The average Bonchev–Trinajstić information content (AvgIpc) is 3.11. The Morgan fingerprint density at radius 3 is 2.54 bits per heavy atom. The number of carbonyl (C=O) groups is 1. The lowest BCUT2D eigenvalue weighted by Gasteiger charge is -2.08. The first-order chi connectivity index (χ1) is 13.3. The molecule has 3 rings (SSSR count). The number of nitrogens with zero attached hydrogens (tertiary/aromatic N) is 1. The molecule has 0 saturated heterocycles. The molecule has 0 saturated carbocycles. The summed E-state index contributed by atoms with van der Waals surface area (Å²) >= 11 is 1.27. The molecule has 1 heterocycles. The van der Waals surface area contributed by atoms with Gasteiger partial charge in [0, 0.05) is 11.6 Å². The second-order valence-electron chi connectivity index (χ2n) is 6.61. The minimum atomic E-state index is -0.500. The van der Waals surface area contributed by atoms with E-state index in [9.17, 15) is 14.9 Å². The summed E-state index contributed by atoms with van der Waals surface area (Å²) in [7, 11) is 0. The molecular weight excluding hydrogens is 376 g/mol. The van der Waals surface area contributed by atoms with Crippen molar-refractivity contribution in [3.05, 3.63) is 85.1 Å². The van der Waals surface area contributed by atoms with Crippen LogP contribution in [-0.2, 0) is 6.61 Å². The van der Waals surface area contributed by atoms with Crippen molar-refractivity contribution in [2.24, 2.45) is 0 Å². The third-order valence-corrected chi connectivity index (χ3v) is 5.18. The number of nitro benzene ring substituents is 1. The Morgan fingerprint density at radius 1 is 1.11 bits per heavy atom. The average molecular weight is 396 g/mol. The van der Waals surface area contributed by atoms with Crippen molar-refractivity contribution in [2.75, 3.05) is 5.32 Å². The molecule has 0 aliphatic carbocycles. The van der Waals surface area contributed by atoms with E-state index >= 15 is 0 Å². The fourth-order valence-electron chi connectivity index (χ4n) is 2.78. The summed E-state index contributed by atoms with van der Waals surface area (Å²) in [5.41, 5.74) is 3.91. The molecule has 1 N–H and O–H groups in total. The van der Waals surface area contributed by atoms with E-state index in [-0.39, 0.29) is 17.3 Å². The van der Waals surface area contributed by atoms with Crippen LogP contribution in [0.2, 0.25) is 0 Å². The van der Waals surface area contributed by atoms with Gasteiger partial charge in [0.15, 0.2) is 0 Å². The smallest absolute Gasteiger partial charge is 0.293 e. The minimum absolute atomic E-state index is 0.122. The van der Waals surface area contributed by atoms with Gasteiger partial charge in [-0.05, 0) is 55.5 Å². The molecule has 0 aliphatic heterocycles. The van der Waals surface area contributed by atoms with Crippen LogP contribution in [0.5, 0.6) is 5.75 Å². The summed E-state index contributed by atoms with van der Waals surface area (Å²) in [5.74, 6) is 0.424. The minimum Gasteiger partial charge on any atom is -0.489 e. The molecule has 6 nitrogen and oxygen atoms in total. The molecule has 3 aromatic rings. The van der Waals surface area contributed by atoms with E-state index in [4.69, 9.17) is 4.74 Å². The normalized spacial score (nSPS) is 10.5. The molecule has 0 spiro atoms. The van der Waals surface area contributed by atoms with Crippen molar-refractivity contribution >= 4 is 28.6 Å². The van der Waals surface area contributed by atoms with E-state index in [0.29, 0.717) is 11.5 Å². The van der Waals surface area contributed by atoms with E-state index in [2.05, 4.69) is 11.4 Å². The number of hydrogen-bond acceptors (Lipinski definition) is 5. The van der Waals surface area contributed by atoms with Gasteiger partial charge in [0.25, 0.3) is 11.6 Å². The third kappa shape index (κ3) is 4.55. The topological polar surface area (TPSA) is 81.5 Å². The van der Waals surface area contributed by atoms with E-state index < -0.39 is 4.92 Å². The van der Waals surface area contributed by atoms with Crippen LogP contribution in [0.1, 0.15) is 31.9 Å². The molecule has 0 atom stereocenters. The van der Waals surface area contributed by atoms with Gasteiger partial charge < -0.3 is 10.1 Å². The Bertz CT molecular complexity index is 1040. The number of hydrogen-bond donors (Lipinski definition) is 1. The standard InChI is InChI=1S/C21H20N2O4S/c1-13-5-7-19(15(3)8-13)27-11-16-10-20(28-12-16)21(24)22-17-6-4-14(2)9-18(17)23(25)26/h4-10,12H,11H2,1-3H3,(H,22,24). The monoisotopic (exact) mass is 396 g/mol. The predicted molar refractivity (Wildman–Crippen MR) is 110 cm³/mol. The number of benzene rings is 2. The highest BCUT2D eigenvalue weighted by atomic mass is 32.1. The molecule has 0 bridgehead atoms. The van der Waals surface area contributed by atoms with Gasteiger partial charge in [-0.1, -0.05) is 23.8 Å². The SMILES string of the molecule is Cc1ccc(OCc2csc(C(=O)Nc3ccc(C)cc3[N+](=O)[O-])c2)c(C)c1. The van der Waals surface area contributed by atoms with Gasteiger partial charge in [0.1, 0.15) is 18.0 Å². The van der Waals surface area contributed by atoms with Crippen LogP contribution in [0.4, 0.5) is 11.4 Å². The van der Waals surface area contributed by atoms with Crippen LogP contribution in [0.15, 0.2) is 47.8 Å². The van der Waals surface area contributed by atoms with Gasteiger partial charge in [0.05, 0.1) is 9.80 Å². The number of nitrogens with one attached hydrogen (secondary N) is 1. The first-order valence-corrected chi connectivity index (χ1v) is 9.55. The zero-order valence-electron chi connectivity index (χ0n) is 15.8. The number of rotatable bonds is 6. The number of aryl methyl sites for hydroxylation is 3. The molecule has 0 unspecified atom stereocenters. The van der Waals surface area contributed by atoms with E-state index in [1.165, 1.54) is 23.0 Å². The van der Waals surface area contributed by atoms with E-state index in [1.54, 1.807) is 25.1 Å². The van der Waals surface area contributed by atoms with Crippen molar-refractivity contribution in [1.82, 2.24) is 0 Å². The summed E-state index contributed by atoms with van der Waals surface area (Å²) in [6.07, 6.45) is 0. The second kappa shape index (κ2) is 8.22. The van der Waals surface area contributed by atoms with Crippen LogP contribution in [-0.4, -0.2) is 10.8 Å². The Labute approximate surface area is 166 Å². The zero-order chi connectivity index (χ0) is 20.3. The molecule has 144 valence electrons. The highest BCUT2D eigenvalue weighted by molar-refractivity contribution is 7.12. The molecule has 0 aliphatic rings. The first kappa shape index (κ1) is 19.6. The molecule has 0 fully saturated rings. The highest BCUT2D eigenvalue weighted by Gasteiger charge is 2.18. The fourth-order valence-corrected chi connectivity index (χ4v) is 3.57. The van der Waals surface area contributed by atoms with Gasteiger partial charge in [-0.2, -0.15) is 0 Å². The highest BCUT2D eigenvalue weighted by Crippen LogP contribution is 2.27. The summed E-state index contributed by atoms with van der Waals surface area (Å²) < 4.78 is 5.84. The number of carbonyl (C=O) groups excluding carboxylic acids is 1. The van der Waals surface area contributed by atoms with Gasteiger partial charge in [-0.15, -0.1) is 11.3 Å². The molecule has 1 amide bonds. The maximum absolute atomic E-state index is 12.5. The van der Waals surface area contributed by atoms with Gasteiger partial charge in [0.2, 0.25) is 0 Å². The summed E-state index contributed by atoms with van der Waals surface area (Å²) in [5, 5.41) is 15.7. The largest absolute Gasteiger partial charge is 0.489 e. The molecule has 1 aromatic heterocycles. The third-order valence-electron chi connectivity index (χ3n) is 4.20. The summed E-state index contributed by atoms with van der Waals surface area (Å²) in [6.45, 7) is 6.13. The van der Waals surface area contributed by atoms with Gasteiger partial charge in [-0.3, -0.25) is 14.9 Å². The van der Waals surface area contributed by atoms with E-state index in [1.807, 2.05) is 31.4 Å². The first-order valence-electron chi connectivity index (χ1n) is 8.67. The van der Waals surface area contributed by atoms with E-state index in [0.717, 1.165) is 22.4 Å². The number of nitro groups is 1. The van der Waals surface area contributed by atoms with Crippen LogP contribution < -0.4 is 10.1 Å². The second-order valence-corrected chi connectivity index (χ2v) is 7.52. The number of anilines is 1. The van der Waals surface area contributed by atoms with Crippen molar-refractivity contribution < 1.29 is 14.5 Å². The predicted octanol–water partition coefficient (Wildman–Crippen LogP) is 5.41. The molecule has 7 heteroatoms. The summed E-state index contributed by atoms with van der Waals surface area (Å²) in [6, 6.07) is 12.4. The van der Waals surface area contributed by atoms with Crippen LogP contribution in [0.25, 0.3) is 0 Å². The maximum atomic E-state index is 12.5. The molecular formula is C21H20N2O4S. The zero-order valence-corrected chi connectivity index (χ0v) is 16.6. The Morgan fingerprint density at radius 2 is 1.82 bits per heavy atom. The fraction of sp³-hybridized carbons (Fsp3) is 0.190. The number of thiophene rings is 1. The Balaban J connectivity index is 1.68. The lowest BCUT2D eigenvalue weighted by molar-refractivity contribution is -0.384. The van der Waals surface area contributed by atoms with Crippen LogP contribution in [0.3, 0.4) is 0 Å². The van der Waals surface area contributed by atoms with Crippen LogP contribution in [0, 0.1) is 30.9 Å². The van der Waals surface area contributed by atoms with Crippen molar-refractivity contribution in [3.8, 4) is 5.75 Å². The molecule has 0 radical (unpaired) electrons. The number of amides is 1.